The third kappa shape index (κ3) is 3.66. The fourth-order valence-corrected chi connectivity index (χ4v) is 2.08. The van der Waals surface area contributed by atoms with Crippen LogP contribution in [0.25, 0.3) is 0 Å². The zero-order chi connectivity index (χ0) is 16.1. The number of carbonyl (C=O) groups excluding carboxylic acids is 1. The highest BCUT2D eigenvalue weighted by atomic mass is 32.2. The quantitative estimate of drug-likeness (QED) is 0.377. The molecule has 2 rings (SSSR count). The Morgan fingerprint density at radius 3 is 2.82 bits per heavy atom. The van der Waals surface area contributed by atoms with Gasteiger partial charge in [-0.1, -0.05) is 11.8 Å². The molecule has 0 radical (unpaired) electrons. The molecule has 1 aromatic carbocycles. The number of carbonyl (C=O) groups is 1. The third-order valence-electron chi connectivity index (χ3n) is 2.94. The first kappa shape index (κ1) is 16.1. The van der Waals surface area contributed by atoms with E-state index >= 15 is 0 Å². The topological polar surface area (TPSA) is 93.4 Å². The minimum absolute atomic E-state index is 0.271. The lowest BCUT2D eigenvalue weighted by Gasteiger charge is -2.15. The van der Waals surface area contributed by atoms with Crippen LogP contribution in [-0.2, 0) is 4.84 Å². The van der Waals surface area contributed by atoms with Gasteiger partial charge >= 0.3 is 0 Å². The van der Waals surface area contributed by atoms with E-state index in [1.807, 2.05) is 6.26 Å². The molecule has 22 heavy (non-hydrogen) atoms. The zero-order valence-corrected chi connectivity index (χ0v) is 13.3. The van der Waals surface area contributed by atoms with Crippen LogP contribution >= 0.6 is 11.8 Å². The van der Waals surface area contributed by atoms with Gasteiger partial charge in [-0.15, -0.1) is 0 Å². The molecule has 116 valence electrons. The second-order valence-electron chi connectivity index (χ2n) is 4.34. The van der Waals surface area contributed by atoms with E-state index in [4.69, 9.17) is 10.6 Å². The molecule has 0 aliphatic heterocycles. The number of nitrogens with two attached hydrogens (primary N) is 1. The lowest BCUT2D eigenvalue weighted by Crippen LogP contribution is -2.25. The molecule has 0 unspecified atom stereocenters. The van der Waals surface area contributed by atoms with Crippen molar-refractivity contribution in [1.29, 1.82) is 0 Å². The highest BCUT2D eigenvalue weighted by Gasteiger charge is 2.13. The molecule has 1 aromatic heterocycles. The molecule has 3 N–H and O–H groups in total. The number of nitrogens with zero attached hydrogens (tertiary/aromatic N) is 3. The van der Waals surface area contributed by atoms with Gasteiger partial charge in [-0.25, -0.2) is 15.0 Å². The molecule has 1 heterocycles. The van der Waals surface area contributed by atoms with Crippen molar-refractivity contribution in [3.8, 4) is 0 Å². The van der Waals surface area contributed by atoms with Crippen LogP contribution in [0.2, 0.25) is 0 Å². The molecule has 0 aliphatic rings. The van der Waals surface area contributed by atoms with Crippen LogP contribution in [0.4, 0.5) is 17.2 Å². The van der Waals surface area contributed by atoms with Crippen molar-refractivity contribution in [3.63, 3.8) is 0 Å². The van der Waals surface area contributed by atoms with E-state index in [0.29, 0.717) is 27.9 Å². The number of rotatable bonds is 5. The van der Waals surface area contributed by atoms with E-state index in [2.05, 4.69) is 15.3 Å². The largest absolute Gasteiger partial charge is 0.397 e. The van der Waals surface area contributed by atoms with Crippen molar-refractivity contribution in [2.75, 3.05) is 31.5 Å². The smallest absolute Gasteiger partial charge is 0.277 e. The van der Waals surface area contributed by atoms with Gasteiger partial charge in [-0.05, 0) is 30.5 Å². The molecule has 8 heteroatoms. The van der Waals surface area contributed by atoms with Gasteiger partial charge in [-0.3, -0.25) is 9.63 Å². The van der Waals surface area contributed by atoms with Crippen LogP contribution in [0.5, 0.6) is 0 Å². The van der Waals surface area contributed by atoms with E-state index in [-0.39, 0.29) is 5.91 Å². The Morgan fingerprint density at radius 1 is 1.41 bits per heavy atom. The minimum Gasteiger partial charge on any atom is -0.397 e. The number of nitrogen functional groups attached to an aromatic ring is 1. The summed E-state index contributed by atoms with van der Waals surface area (Å²) in [6.07, 6.45) is 3.57. The monoisotopic (exact) mass is 319 g/mol. The Kier molecular flexibility index (Phi) is 5.18. The number of aromatic nitrogens is 2. The number of anilines is 3. The highest BCUT2D eigenvalue weighted by molar-refractivity contribution is 7.98. The maximum atomic E-state index is 12.0. The van der Waals surface area contributed by atoms with Crippen molar-refractivity contribution >= 4 is 34.9 Å². The number of thioether (sulfide) groups is 1. The van der Waals surface area contributed by atoms with Crippen LogP contribution in [0.1, 0.15) is 10.4 Å². The molecule has 0 bridgehead atoms. The van der Waals surface area contributed by atoms with Crippen molar-refractivity contribution in [2.24, 2.45) is 0 Å². The van der Waals surface area contributed by atoms with Gasteiger partial charge in [0, 0.05) is 18.8 Å². The maximum absolute atomic E-state index is 12.0. The lowest BCUT2D eigenvalue weighted by molar-refractivity contribution is -0.0756. The molecule has 7 nitrogen and oxygen atoms in total. The van der Waals surface area contributed by atoms with Gasteiger partial charge < -0.3 is 11.1 Å². The minimum atomic E-state index is -0.271. The normalized spacial score (nSPS) is 10.3. The Bertz CT molecular complexity index is 680. The van der Waals surface area contributed by atoms with Gasteiger partial charge in [0.2, 0.25) is 0 Å². The summed E-state index contributed by atoms with van der Waals surface area (Å²) in [5.74, 6) is 0.367. The third-order valence-corrected chi connectivity index (χ3v) is 3.50. The van der Waals surface area contributed by atoms with Gasteiger partial charge in [0.1, 0.15) is 5.82 Å². The molecule has 2 aromatic rings. The highest BCUT2D eigenvalue weighted by Crippen LogP contribution is 2.24. The summed E-state index contributed by atoms with van der Waals surface area (Å²) in [6, 6.07) is 6.74. The Morgan fingerprint density at radius 2 is 2.18 bits per heavy atom. The maximum Gasteiger partial charge on any atom is 0.277 e. The summed E-state index contributed by atoms with van der Waals surface area (Å²) < 4.78 is 0. The van der Waals surface area contributed by atoms with Crippen molar-refractivity contribution < 1.29 is 9.63 Å². The predicted molar refractivity (Wildman–Crippen MR) is 87.1 cm³/mol. The number of hydrogen-bond acceptors (Lipinski definition) is 7. The number of amides is 1. The van der Waals surface area contributed by atoms with E-state index in [1.54, 1.807) is 30.5 Å². The van der Waals surface area contributed by atoms with E-state index in [1.165, 1.54) is 25.9 Å². The molecule has 1 amide bonds. The van der Waals surface area contributed by atoms with Crippen LogP contribution < -0.4 is 11.1 Å². The average Bonchev–Trinajstić information content (AvgIpc) is 2.55. The SMILES string of the molecule is CON(C)C(=O)c1ccc(Nc2ccnc(SC)n2)c(N)c1. The molecule has 0 aliphatic carbocycles. The molecule has 0 saturated carbocycles. The van der Waals surface area contributed by atoms with Crippen LogP contribution in [-0.4, -0.2) is 41.4 Å². The van der Waals surface area contributed by atoms with Gasteiger partial charge in [-0.2, -0.15) is 0 Å². The predicted octanol–water partition coefficient (Wildman–Crippen LogP) is 2.16. The second-order valence-corrected chi connectivity index (χ2v) is 5.11. The Balaban J connectivity index is 2.21. The van der Waals surface area contributed by atoms with E-state index in [0.717, 1.165) is 5.06 Å². The summed E-state index contributed by atoms with van der Waals surface area (Å²) in [5, 5.41) is 4.91. The molecular formula is C14H17N5O2S. The summed E-state index contributed by atoms with van der Waals surface area (Å²) in [7, 11) is 2.96. The van der Waals surface area contributed by atoms with Gasteiger partial charge in [0.05, 0.1) is 18.5 Å². The van der Waals surface area contributed by atoms with Crippen LogP contribution in [0, 0.1) is 0 Å². The molecule has 0 fully saturated rings. The first-order valence-corrected chi connectivity index (χ1v) is 7.63. The summed E-state index contributed by atoms with van der Waals surface area (Å²) >= 11 is 1.45. The van der Waals surface area contributed by atoms with Crippen LogP contribution in [0.3, 0.4) is 0 Å². The molecule has 0 atom stereocenters. The summed E-state index contributed by atoms with van der Waals surface area (Å²) in [5.41, 5.74) is 7.55. The fourth-order valence-electron chi connectivity index (χ4n) is 1.72. The summed E-state index contributed by atoms with van der Waals surface area (Å²) in [6.45, 7) is 0. The van der Waals surface area contributed by atoms with Crippen molar-refractivity contribution in [1.82, 2.24) is 15.0 Å². The lowest BCUT2D eigenvalue weighted by atomic mass is 10.1. The molecule has 0 spiro atoms. The van der Waals surface area contributed by atoms with Crippen LogP contribution in [0.15, 0.2) is 35.6 Å². The molecular weight excluding hydrogens is 302 g/mol. The van der Waals surface area contributed by atoms with Crippen molar-refractivity contribution in [2.45, 2.75) is 5.16 Å². The molecule has 0 saturated heterocycles. The number of hydrogen-bond donors (Lipinski definition) is 2. The zero-order valence-electron chi connectivity index (χ0n) is 12.5. The first-order valence-electron chi connectivity index (χ1n) is 6.41. The standard InChI is InChI=1S/C14H17N5O2S/c1-19(21-2)13(20)9-4-5-11(10(15)8-9)17-12-6-7-16-14(18-12)22-3/h4-8H,15H2,1-3H3,(H,16,17,18). The van der Waals surface area contributed by atoms with E-state index in [9.17, 15) is 4.79 Å². The van der Waals surface area contributed by atoms with Crippen molar-refractivity contribution in [3.05, 3.63) is 36.0 Å². The Labute approximate surface area is 132 Å². The second kappa shape index (κ2) is 7.10. The average molecular weight is 319 g/mol. The number of nitrogens with one attached hydrogen (secondary N) is 1. The fraction of sp³-hybridized carbons (Fsp3) is 0.214. The number of hydroxylamine groups is 2. The summed E-state index contributed by atoms with van der Waals surface area (Å²) in [4.78, 5) is 25.3. The number of benzene rings is 1. The van der Waals surface area contributed by atoms with Gasteiger partial charge in [0.15, 0.2) is 5.16 Å². The van der Waals surface area contributed by atoms with E-state index < -0.39 is 0 Å². The Hall–Kier alpha value is -2.32. The van der Waals surface area contributed by atoms with Gasteiger partial charge in [0.25, 0.3) is 5.91 Å². The first-order chi connectivity index (χ1) is 10.5.